The van der Waals surface area contributed by atoms with Crippen LogP contribution in [0.2, 0.25) is 0 Å². The molecular formula is C12H25NO. The summed E-state index contributed by atoms with van der Waals surface area (Å²) >= 11 is 0. The highest BCUT2D eigenvalue weighted by Crippen LogP contribution is 2.36. The smallest absolute Gasteiger partial charge is 0.0820 e. The van der Waals surface area contributed by atoms with E-state index in [1.165, 1.54) is 25.7 Å². The first-order valence-corrected chi connectivity index (χ1v) is 5.87. The zero-order chi connectivity index (χ0) is 10.8. The molecule has 0 heterocycles. The van der Waals surface area contributed by atoms with E-state index in [4.69, 9.17) is 5.73 Å². The molecule has 2 heteroatoms. The first-order chi connectivity index (χ1) is 6.36. The molecule has 1 aliphatic rings. The van der Waals surface area contributed by atoms with E-state index in [0.29, 0.717) is 5.92 Å². The van der Waals surface area contributed by atoms with Crippen LogP contribution in [-0.2, 0) is 0 Å². The molecule has 1 saturated carbocycles. The fourth-order valence-electron chi connectivity index (χ4n) is 2.37. The second kappa shape index (κ2) is 4.19. The summed E-state index contributed by atoms with van der Waals surface area (Å²) in [6.07, 6.45) is 7.39. The van der Waals surface area contributed by atoms with Gasteiger partial charge in [0.1, 0.15) is 0 Å². The summed E-state index contributed by atoms with van der Waals surface area (Å²) in [5.74, 6) is 0.380. The largest absolute Gasteiger partial charge is 0.388 e. The first-order valence-electron chi connectivity index (χ1n) is 5.87. The Morgan fingerprint density at radius 2 is 1.43 bits per heavy atom. The predicted molar refractivity (Wildman–Crippen MR) is 60.1 cm³/mol. The minimum absolute atomic E-state index is 0.380. The summed E-state index contributed by atoms with van der Waals surface area (Å²) in [6.45, 7) is 5.76. The van der Waals surface area contributed by atoms with Crippen molar-refractivity contribution in [1.82, 2.24) is 0 Å². The van der Waals surface area contributed by atoms with E-state index in [1.54, 1.807) is 0 Å². The van der Waals surface area contributed by atoms with Crippen LogP contribution in [0, 0.1) is 5.92 Å². The fraction of sp³-hybridized carbons (Fsp3) is 1.00. The molecule has 0 aromatic heterocycles. The second-order valence-corrected chi connectivity index (χ2v) is 5.56. The lowest BCUT2D eigenvalue weighted by atomic mass is 9.72. The van der Waals surface area contributed by atoms with Crippen LogP contribution in [0.5, 0.6) is 0 Å². The third kappa shape index (κ3) is 2.48. The summed E-state index contributed by atoms with van der Waals surface area (Å²) in [4.78, 5) is 0. The van der Waals surface area contributed by atoms with Crippen molar-refractivity contribution in [1.29, 1.82) is 0 Å². The summed E-state index contributed by atoms with van der Waals surface area (Å²) in [5, 5.41) is 10.5. The molecule has 84 valence electrons. The minimum atomic E-state index is -0.725. The molecule has 1 aliphatic carbocycles. The van der Waals surface area contributed by atoms with Crippen LogP contribution in [0.3, 0.4) is 0 Å². The Bertz CT molecular complexity index is 173. The number of nitrogens with two attached hydrogens (primary N) is 1. The molecule has 0 spiro atoms. The molecule has 14 heavy (non-hydrogen) atoms. The van der Waals surface area contributed by atoms with Crippen LogP contribution in [0.1, 0.15) is 59.3 Å². The van der Waals surface area contributed by atoms with E-state index in [9.17, 15) is 5.11 Å². The van der Waals surface area contributed by atoms with Crippen molar-refractivity contribution in [2.45, 2.75) is 70.4 Å². The number of rotatable bonds is 2. The molecule has 0 aromatic rings. The van der Waals surface area contributed by atoms with Crippen molar-refractivity contribution in [2.75, 3.05) is 0 Å². The summed E-state index contributed by atoms with van der Waals surface area (Å²) in [6, 6.07) is 0. The molecule has 0 bridgehead atoms. The van der Waals surface area contributed by atoms with Gasteiger partial charge in [-0.1, -0.05) is 25.7 Å². The van der Waals surface area contributed by atoms with Crippen molar-refractivity contribution in [3.63, 3.8) is 0 Å². The molecular weight excluding hydrogens is 174 g/mol. The second-order valence-electron chi connectivity index (χ2n) is 5.56. The average molecular weight is 199 g/mol. The van der Waals surface area contributed by atoms with E-state index in [2.05, 4.69) is 0 Å². The maximum atomic E-state index is 10.5. The molecule has 1 atom stereocenters. The van der Waals surface area contributed by atoms with Crippen LogP contribution in [0.25, 0.3) is 0 Å². The van der Waals surface area contributed by atoms with Crippen molar-refractivity contribution >= 4 is 0 Å². The molecule has 1 rings (SSSR count). The van der Waals surface area contributed by atoms with Crippen LogP contribution in [0.4, 0.5) is 0 Å². The van der Waals surface area contributed by atoms with Gasteiger partial charge >= 0.3 is 0 Å². The number of hydrogen-bond acceptors (Lipinski definition) is 2. The molecule has 1 unspecified atom stereocenters. The maximum Gasteiger partial charge on any atom is 0.0820 e. The van der Waals surface area contributed by atoms with Gasteiger partial charge in [-0.3, -0.25) is 0 Å². The molecule has 3 N–H and O–H groups in total. The lowest BCUT2D eigenvalue weighted by molar-refractivity contribution is -0.0610. The first kappa shape index (κ1) is 12.0. The zero-order valence-corrected chi connectivity index (χ0v) is 9.84. The number of aliphatic hydroxyl groups is 1. The van der Waals surface area contributed by atoms with Gasteiger partial charge in [-0.15, -0.1) is 0 Å². The molecule has 0 aromatic carbocycles. The van der Waals surface area contributed by atoms with Crippen LogP contribution < -0.4 is 5.73 Å². The zero-order valence-electron chi connectivity index (χ0n) is 9.84. The highest BCUT2D eigenvalue weighted by molar-refractivity contribution is 4.98. The Labute approximate surface area is 87.9 Å². The van der Waals surface area contributed by atoms with Gasteiger partial charge in [-0.2, -0.15) is 0 Å². The van der Waals surface area contributed by atoms with Crippen molar-refractivity contribution in [3.8, 4) is 0 Å². The highest BCUT2D eigenvalue weighted by atomic mass is 16.3. The molecule has 0 saturated heterocycles. The molecule has 0 radical (unpaired) electrons. The van der Waals surface area contributed by atoms with Gasteiger partial charge in [0, 0.05) is 5.54 Å². The maximum absolute atomic E-state index is 10.5. The highest BCUT2D eigenvalue weighted by Gasteiger charge is 2.42. The molecule has 2 nitrogen and oxygen atoms in total. The van der Waals surface area contributed by atoms with Crippen molar-refractivity contribution in [3.05, 3.63) is 0 Å². The van der Waals surface area contributed by atoms with Gasteiger partial charge in [0.2, 0.25) is 0 Å². The third-order valence-corrected chi connectivity index (χ3v) is 3.95. The molecule has 1 fully saturated rings. The fourth-order valence-corrected chi connectivity index (χ4v) is 2.37. The number of hydrogen-bond donors (Lipinski definition) is 2. The van der Waals surface area contributed by atoms with E-state index in [-0.39, 0.29) is 0 Å². The van der Waals surface area contributed by atoms with Crippen LogP contribution in [0.15, 0.2) is 0 Å². The van der Waals surface area contributed by atoms with Crippen LogP contribution in [-0.4, -0.2) is 16.2 Å². The monoisotopic (exact) mass is 199 g/mol. The lowest BCUT2D eigenvalue weighted by Gasteiger charge is -2.43. The van der Waals surface area contributed by atoms with Crippen molar-refractivity contribution in [2.24, 2.45) is 11.7 Å². The van der Waals surface area contributed by atoms with Gasteiger partial charge in [0.25, 0.3) is 0 Å². The summed E-state index contributed by atoms with van der Waals surface area (Å²) in [7, 11) is 0. The Morgan fingerprint density at radius 1 is 1.00 bits per heavy atom. The predicted octanol–water partition coefficient (Wildman–Crippen LogP) is 2.45. The summed E-state index contributed by atoms with van der Waals surface area (Å²) < 4.78 is 0. The van der Waals surface area contributed by atoms with Gasteiger partial charge in [0.15, 0.2) is 0 Å². The van der Waals surface area contributed by atoms with Crippen LogP contribution >= 0.6 is 0 Å². The molecule has 0 amide bonds. The Balaban J connectivity index is 2.69. The van der Waals surface area contributed by atoms with E-state index in [0.717, 1.165) is 12.8 Å². The van der Waals surface area contributed by atoms with Gasteiger partial charge < -0.3 is 10.8 Å². The SMILES string of the molecule is CC(C)(N)C(C)(O)C1CCCCCC1. The average Bonchev–Trinajstić information content (AvgIpc) is 2.29. The third-order valence-electron chi connectivity index (χ3n) is 3.95. The van der Waals surface area contributed by atoms with E-state index < -0.39 is 11.1 Å². The van der Waals surface area contributed by atoms with E-state index in [1.807, 2.05) is 20.8 Å². The normalized spacial score (nSPS) is 25.5. The topological polar surface area (TPSA) is 46.2 Å². The molecule has 0 aliphatic heterocycles. The van der Waals surface area contributed by atoms with E-state index >= 15 is 0 Å². The quantitative estimate of drug-likeness (QED) is 0.671. The Morgan fingerprint density at radius 3 is 1.79 bits per heavy atom. The standard InChI is InChI=1S/C12H25NO/c1-11(2,13)12(3,14)10-8-6-4-5-7-9-10/h10,14H,4-9,13H2,1-3H3. The van der Waals surface area contributed by atoms with Gasteiger partial charge in [-0.25, -0.2) is 0 Å². The Hall–Kier alpha value is -0.0800. The van der Waals surface area contributed by atoms with Gasteiger partial charge in [-0.05, 0) is 39.5 Å². The van der Waals surface area contributed by atoms with Gasteiger partial charge in [0.05, 0.1) is 5.60 Å². The Kier molecular flexibility index (Phi) is 3.59. The minimum Gasteiger partial charge on any atom is -0.388 e. The van der Waals surface area contributed by atoms with Crippen molar-refractivity contribution < 1.29 is 5.11 Å². The lowest BCUT2D eigenvalue weighted by Crippen LogP contribution is -2.58. The summed E-state index contributed by atoms with van der Waals surface area (Å²) in [5.41, 5.74) is 4.82.